The van der Waals surface area contributed by atoms with Gasteiger partial charge in [0.1, 0.15) is 24.4 Å². The number of aliphatic hydroxyl groups excluding tert-OH is 5. The van der Waals surface area contributed by atoms with E-state index in [-0.39, 0.29) is 12.5 Å². The number of aliphatic hydroxyl groups is 5. The summed E-state index contributed by atoms with van der Waals surface area (Å²) in [5.74, 6) is -0.190. The van der Waals surface area contributed by atoms with Crippen molar-refractivity contribution in [2.45, 2.75) is 275 Å². The van der Waals surface area contributed by atoms with Gasteiger partial charge in [-0.05, 0) is 57.8 Å². The minimum atomic E-state index is -1.57. The van der Waals surface area contributed by atoms with Gasteiger partial charge in [0.15, 0.2) is 6.29 Å². The fourth-order valence-corrected chi connectivity index (χ4v) is 8.16. The van der Waals surface area contributed by atoms with E-state index in [0.717, 1.165) is 44.9 Å². The molecule has 1 rings (SSSR count). The predicted octanol–water partition coefficient (Wildman–Crippen LogP) is 12.2. The second-order valence-electron chi connectivity index (χ2n) is 18.3. The highest BCUT2D eigenvalue weighted by molar-refractivity contribution is 5.76. The molecule has 1 aliphatic rings. The van der Waals surface area contributed by atoms with Gasteiger partial charge in [0.25, 0.3) is 0 Å². The molecule has 1 heterocycles. The number of carbonyl (C=O) groups excluding carboxylic acids is 1. The van der Waals surface area contributed by atoms with Crippen molar-refractivity contribution in [3.05, 3.63) is 48.6 Å². The number of nitrogens with one attached hydrogen (secondary N) is 1. The van der Waals surface area contributed by atoms with E-state index in [0.29, 0.717) is 6.42 Å². The number of hydrogen-bond acceptors (Lipinski definition) is 8. The van der Waals surface area contributed by atoms with Crippen LogP contribution in [0, 0.1) is 0 Å². The second kappa shape index (κ2) is 44.0. The zero-order chi connectivity index (χ0) is 45.9. The summed E-state index contributed by atoms with van der Waals surface area (Å²) < 4.78 is 11.2. The normalized spacial score (nSPS) is 20.5. The summed E-state index contributed by atoms with van der Waals surface area (Å²) in [6.45, 7) is 3.74. The predicted molar refractivity (Wildman–Crippen MR) is 263 cm³/mol. The van der Waals surface area contributed by atoms with E-state index in [4.69, 9.17) is 9.47 Å². The number of hydrogen-bond donors (Lipinski definition) is 6. The lowest BCUT2D eigenvalue weighted by Crippen LogP contribution is -2.60. The van der Waals surface area contributed by atoms with Gasteiger partial charge in [-0.3, -0.25) is 4.79 Å². The van der Waals surface area contributed by atoms with Gasteiger partial charge in [-0.2, -0.15) is 0 Å². The Labute approximate surface area is 386 Å². The van der Waals surface area contributed by atoms with Crippen LogP contribution >= 0.6 is 0 Å². The van der Waals surface area contributed by atoms with Crippen LogP contribution in [-0.4, -0.2) is 87.5 Å². The van der Waals surface area contributed by atoms with Crippen molar-refractivity contribution >= 4 is 5.91 Å². The van der Waals surface area contributed by atoms with Crippen LogP contribution in [0.15, 0.2) is 48.6 Å². The van der Waals surface area contributed by atoms with Crippen LogP contribution in [0.3, 0.4) is 0 Å². The van der Waals surface area contributed by atoms with Crippen molar-refractivity contribution in [3.63, 3.8) is 0 Å². The molecule has 0 aromatic heterocycles. The van der Waals surface area contributed by atoms with Crippen molar-refractivity contribution in [2.75, 3.05) is 13.2 Å². The van der Waals surface area contributed by atoms with Gasteiger partial charge in [0.2, 0.25) is 5.91 Å². The fourth-order valence-electron chi connectivity index (χ4n) is 8.16. The van der Waals surface area contributed by atoms with Gasteiger partial charge in [0, 0.05) is 6.42 Å². The van der Waals surface area contributed by atoms with Gasteiger partial charge in [0.05, 0.1) is 25.4 Å². The highest BCUT2D eigenvalue weighted by Crippen LogP contribution is 2.23. The molecule has 0 aromatic rings. The molecule has 368 valence electrons. The Morgan fingerprint density at radius 2 is 0.952 bits per heavy atom. The molecule has 0 spiro atoms. The summed E-state index contributed by atoms with van der Waals surface area (Å²) in [6, 6.07) is -0.824. The fraction of sp³-hybridized carbons (Fsp3) is 0.833. The Morgan fingerprint density at radius 3 is 1.46 bits per heavy atom. The molecule has 0 bridgehead atoms. The molecule has 9 heteroatoms. The zero-order valence-electron chi connectivity index (χ0n) is 40.6. The summed E-state index contributed by atoms with van der Waals surface area (Å²) in [5, 5.41) is 54.4. The number of carbonyl (C=O) groups is 1. The van der Waals surface area contributed by atoms with E-state index in [2.05, 4.69) is 55.6 Å². The van der Waals surface area contributed by atoms with Crippen molar-refractivity contribution in [2.24, 2.45) is 0 Å². The molecule has 1 saturated heterocycles. The third kappa shape index (κ3) is 34.2. The summed E-state index contributed by atoms with van der Waals surface area (Å²) in [6.07, 6.45) is 50.2. The first-order chi connectivity index (χ1) is 30.8. The highest BCUT2D eigenvalue weighted by atomic mass is 16.7. The standard InChI is InChI=1S/C54H99NO8/c1-3-5-7-9-11-13-15-17-19-21-23-24-26-27-29-31-33-35-37-39-41-43-48(57)47(46-62-54-53(61)52(60)51(59)49(45-56)63-54)55-50(58)44-42-40-38-36-34-32-30-28-25-22-20-18-16-14-12-10-8-6-4-2/h12,14,16,18,33,35,41,43,47-49,51-54,56-57,59-61H,3-11,13,15,17,19-32,34,36-40,42,44-46H2,1-2H3,(H,55,58)/b14-12-,18-16-,35-33+,43-41+. The Morgan fingerprint density at radius 1 is 0.540 bits per heavy atom. The summed E-state index contributed by atoms with van der Waals surface area (Å²) >= 11 is 0. The van der Waals surface area contributed by atoms with Crippen LogP contribution < -0.4 is 5.32 Å². The third-order valence-corrected chi connectivity index (χ3v) is 12.4. The Hall–Kier alpha value is -1.85. The highest BCUT2D eigenvalue weighted by Gasteiger charge is 2.44. The molecule has 0 radical (unpaired) electrons. The van der Waals surface area contributed by atoms with Crippen LogP contribution in [0.5, 0.6) is 0 Å². The molecule has 0 aromatic carbocycles. The number of amides is 1. The molecule has 7 atom stereocenters. The number of rotatable bonds is 44. The molecular formula is C54H99NO8. The van der Waals surface area contributed by atoms with E-state index >= 15 is 0 Å². The Bertz CT molecular complexity index is 1130. The largest absolute Gasteiger partial charge is 0.394 e. The minimum Gasteiger partial charge on any atom is -0.394 e. The first-order valence-corrected chi connectivity index (χ1v) is 26.4. The lowest BCUT2D eigenvalue weighted by atomic mass is 9.99. The van der Waals surface area contributed by atoms with Crippen LogP contribution in [0.25, 0.3) is 0 Å². The second-order valence-corrected chi connectivity index (χ2v) is 18.3. The van der Waals surface area contributed by atoms with E-state index in [1.165, 1.54) is 167 Å². The van der Waals surface area contributed by atoms with Gasteiger partial charge in [-0.25, -0.2) is 0 Å². The molecule has 1 aliphatic heterocycles. The lowest BCUT2D eigenvalue weighted by Gasteiger charge is -2.40. The van der Waals surface area contributed by atoms with Crippen molar-refractivity contribution in [3.8, 4) is 0 Å². The van der Waals surface area contributed by atoms with Crippen LogP contribution in [0.4, 0.5) is 0 Å². The van der Waals surface area contributed by atoms with E-state index in [9.17, 15) is 30.3 Å². The molecule has 1 fully saturated rings. The average Bonchev–Trinajstić information content (AvgIpc) is 3.28. The van der Waals surface area contributed by atoms with Crippen LogP contribution in [0.2, 0.25) is 0 Å². The average molecular weight is 890 g/mol. The topological polar surface area (TPSA) is 149 Å². The maximum atomic E-state index is 13.0. The van der Waals surface area contributed by atoms with Crippen LogP contribution in [0.1, 0.15) is 232 Å². The number of allylic oxidation sites excluding steroid dienone is 7. The number of unbranched alkanes of at least 4 members (excludes halogenated alkanes) is 29. The maximum Gasteiger partial charge on any atom is 0.220 e. The van der Waals surface area contributed by atoms with E-state index in [1.807, 2.05) is 6.08 Å². The molecule has 63 heavy (non-hydrogen) atoms. The van der Waals surface area contributed by atoms with Crippen molar-refractivity contribution in [1.29, 1.82) is 0 Å². The quantitative estimate of drug-likeness (QED) is 0.0201. The number of ether oxygens (including phenoxy) is 2. The SMILES string of the molecule is CCCCC/C=C\C=C/CCCCCCCCCCCCC(=O)NC(COC1OC(CO)C(O)C(O)C1O)C(O)/C=C/CC/C=C/CCCCCCCCCCCCCCCCC. The van der Waals surface area contributed by atoms with Gasteiger partial charge in [-0.1, -0.05) is 217 Å². The first kappa shape index (κ1) is 59.2. The molecule has 0 saturated carbocycles. The summed E-state index contributed by atoms with van der Waals surface area (Å²) in [5.41, 5.74) is 0. The minimum absolute atomic E-state index is 0.190. The van der Waals surface area contributed by atoms with E-state index < -0.39 is 49.5 Å². The molecule has 6 N–H and O–H groups in total. The van der Waals surface area contributed by atoms with Crippen molar-refractivity contribution < 1.29 is 39.8 Å². The monoisotopic (exact) mass is 890 g/mol. The molecule has 0 aliphatic carbocycles. The van der Waals surface area contributed by atoms with Gasteiger partial charge >= 0.3 is 0 Å². The lowest BCUT2D eigenvalue weighted by molar-refractivity contribution is -0.302. The van der Waals surface area contributed by atoms with Gasteiger partial charge < -0.3 is 40.3 Å². The molecule has 9 nitrogen and oxygen atoms in total. The van der Waals surface area contributed by atoms with E-state index in [1.54, 1.807) is 6.08 Å². The smallest absolute Gasteiger partial charge is 0.220 e. The van der Waals surface area contributed by atoms with Crippen molar-refractivity contribution in [1.82, 2.24) is 5.32 Å². The molecule has 1 amide bonds. The molecule has 7 unspecified atom stereocenters. The third-order valence-electron chi connectivity index (χ3n) is 12.4. The molecular weight excluding hydrogens is 791 g/mol. The Balaban J connectivity index is 2.31. The summed E-state index contributed by atoms with van der Waals surface area (Å²) in [4.78, 5) is 13.0. The first-order valence-electron chi connectivity index (χ1n) is 26.4. The summed E-state index contributed by atoms with van der Waals surface area (Å²) in [7, 11) is 0. The van der Waals surface area contributed by atoms with Gasteiger partial charge in [-0.15, -0.1) is 0 Å². The maximum absolute atomic E-state index is 13.0. The zero-order valence-corrected chi connectivity index (χ0v) is 40.6. The van der Waals surface area contributed by atoms with Crippen LogP contribution in [-0.2, 0) is 14.3 Å². The Kier molecular flexibility index (Phi) is 41.3.